The highest BCUT2D eigenvalue weighted by Gasteiger charge is 2.08. The molecule has 0 aliphatic rings. The first-order valence-electron chi connectivity index (χ1n) is 5.32. The fourth-order valence-electron chi connectivity index (χ4n) is 1.46. The maximum absolute atomic E-state index is 5.50. The first-order chi connectivity index (χ1) is 7.33. The molecule has 0 heterocycles. The van der Waals surface area contributed by atoms with Crippen molar-refractivity contribution >= 4 is 0 Å². The molecule has 1 aromatic rings. The SMILES string of the molecule is CCNCc1cccc(OCC)c1OC. The van der Waals surface area contributed by atoms with Crippen LogP contribution in [0.15, 0.2) is 18.2 Å². The molecule has 3 nitrogen and oxygen atoms in total. The van der Waals surface area contributed by atoms with Gasteiger partial charge in [0.2, 0.25) is 0 Å². The van der Waals surface area contributed by atoms with Crippen LogP contribution < -0.4 is 14.8 Å². The van der Waals surface area contributed by atoms with Gasteiger partial charge in [0.1, 0.15) is 0 Å². The number of ether oxygens (including phenoxy) is 2. The maximum atomic E-state index is 5.50. The molecule has 0 aromatic heterocycles. The zero-order valence-electron chi connectivity index (χ0n) is 9.67. The van der Waals surface area contributed by atoms with Crippen molar-refractivity contribution in [3.05, 3.63) is 23.8 Å². The number of methoxy groups -OCH3 is 1. The lowest BCUT2D eigenvalue weighted by Gasteiger charge is -2.13. The van der Waals surface area contributed by atoms with Gasteiger partial charge in [0.25, 0.3) is 0 Å². The second-order valence-electron chi connectivity index (χ2n) is 3.16. The first kappa shape index (κ1) is 11.9. The lowest BCUT2D eigenvalue weighted by atomic mass is 10.2. The monoisotopic (exact) mass is 209 g/mol. The minimum Gasteiger partial charge on any atom is -0.493 e. The molecule has 0 atom stereocenters. The Balaban J connectivity index is 2.88. The molecule has 0 saturated carbocycles. The number of benzene rings is 1. The van der Waals surface area contributed by atoms with Crippen LogP contribution in [0.25, 0.3) is 0 Å². The molecule has 0 spiro atoms. The summed E-state index contributed by atoms with van der Waals surface area (Å²) in [4.78, 5) is 0. The summed E-state index contributed by atoms with van der Waals surface area (Å²) in [6.45, 7) is 6.46. The van der Waals surface area contributed by atoms with E-state index >= 15 is 0 Å². The Kier molecular flexibility index (Phi) is 4.98. The van der Waals surface area contributed by atoms with E-state index in [2.05, 4.69) is 12.2 Å². The molecule has 0 aliphatic heterocycles. The van der Waals surface area contributed by atoms with Crippen LogP contribution in [-0.4, -0.2) is 20.3 Å². The highest BCUT2D eigenvalue weighted by molar-refractivity contribution is 5.46. The van der Waals surface area contributed by atoms with Crippen molar-refractivity contribution < 1.29 is 9.47 Å². The Hall–Kier alpha value is -1.22. The van der Waals surface area contributed by atoms with Gasteiger partial charge in [-0.15, -0.1) is 0 Å². The van der Waals surface area contributed by atoms with E-state index in [0.29, 0.717) is 6.61 Å². The molecule has 0 amide bonds. The fraction of sp³-hybridized carbons (Fsp3) is 0.500. The summed E-state index contributed by atoms with van der Waals surface area (Å²) < 4.78 is 10.9. The zero-order valence-corrected chi connectivity index (χ0v) is 9.67. The third-order valence-corrected chi connectivity index (χ3v) is 2.13. The Morgan fingerprint density at radius 1 is 1.27 bits per heavy atom. The summed E-state index contributed by atoms with van der Waals surface area (Å²) in [6, 6.07) is 5.96. The lowest BCUT2D eigenvalue weighted by molar-refractivity contribution is 0.308. The summed E-state index contributed by atoms with van der Waals surface area (Å²) in [6.07, 6.45) is 0. The molecule has 0 radical (unpaired) electrons. The molecule has 84 valence electrons. The summed E-state index contributed by atoms with van der Waals surface area (Å²) in [5.74, 6) is 1.65. The van der Waals surface area contributed by atoms with Gasteiger partial charge in [-0.25, -0.2) is 0 Å². The van der Waals surface area contributed by atoms with Crippen molar-refractivity contribution in [3.8, 4) is 11.5 Å². The molecular weight excluding hydrogens is 190 g/mol. The number of rotatable bonds is 6. The smallest absolute Gasteiger partial charge is 0.165 e. The fourth-order valence-corrected chi connectivity index (χ4v) is 1.46. The van der Waals surface area contributed by atoms with Crippen LogP contribution in [0.2, 0.25) is 0 Å². The van der Waals surface area contributed by atoms with Crippen molar-refractivity contribution in [3.63, 3.8) is 0 Å². The van der Waals surface area contributed by atoms with Gasteiger partial charge in [-0.2, -0.15) is 0 Å². The highest BCUT2D eigenvalue weighted by atomic mass is 16.5. The molecule has 0 unspecified atom stereocenters. The summed E-state index contributed by atoms with van der Waals surface area (Å²) in [7, 11) is 1.67. The van der Waals surface area contributed by atoms with Gasteiger partial charge in [-0.05, 0) is 19.5 Å². The number of hydrogen-bond donors (Lipinski definition) is 1. The van der Waals surface area contributed by atoms with E-state index in [-0.39, 0.29) is 0 Å². The maximum Gasteiger partial charge on any atom is 0.165 e. The van der Waals surface area contributed by atoms with Crippen molar-refractivity contribution in [2.45, 2.75) is 20.4 Å². The van der Waals surface area contributed by atoms with Crippen LogP contribution >= 0.6 is 0 Å². The Morgan fingerprint density at radius 3 is 2.67 bits per heavy atom. The predicted molar refractivity (Wildman–Crippen MR) is 61.5 cm³/mol. The number of nitrogens with one attached hydrogen (secondary N) is 1. The van der Waals surface area contributed by atoms with Crippen LogP contribution in [0, 0.1) is 0 Å². The van der Waals surface area contributed by atoms with Crippen LogP contribution in [0.1, 0.15) is 19.4 Å². The van der Waals surface area contributed by atoms with Gasteiger partial charge in [0, 0.05) is 12.1 Å². The molecule has 1 aromatic carbocycles. The van der Waals surface area contributed by atoms with E-state index in [9.17, 15) is 0 Å². The largest absolute Gasteiger partial charge is 0.493 e. The second-order valence-corrected chi connectivity index (χ2v) is 3.16. The predicted octanol–water partition coefficient (Wildman–Crippen LogP) is 2.20. The van der Waals surface area contributed by atoms with Gasteiger partial charge >= 0.3 is 0 Å². The van der Waals surface area contributed by atoms with Gasteiger partial charge in [-0.3, -0.25) is 0 Å². The van der Waals surface area contributed by atoms with Gasteiger partial charge < -0.3 is 14.8 Å². The topological polar surface area (TPSA) is 30.5 Å². The molecule has 0 aliphatic carbocycles. The van der Waals surface area contributed by atoms with Gasteiger partial charge in [0.05, 0.1) is 13.7 Å². The van der Waals surface area contributed by atoms with Gasteiger partial charge in [0.15, 0.2) is 11.5 Å². The van der Waals surface area contributed by atoms with E-state index in [1.807, 2.05) is 25.1 Å². The minimum atomic E-state index is 0.654. The third-order valence-electron chi connectivity index (χ3n) is 2.13. The molecule has 1 N–H and O–H groups in total. The standard InChI is InChI=1S/C12H19NO2/c1-4-13-9-10-7-6-8-11(15-5-2)12(10)14-3/h6-8,13H,4-5,9H2,1-3H3. The molecular formula is C12H19NO2. The van der Waals surface area contributed by atoms with Crippen molar-refractivity contribution in [2.24, 2.45) is 0 Å². The summed E-state index contributed by atoms with van der Waals surface area (Å²) in [5, 5.41) is 3.27. The Labute approximate surface area is 91.4 Å². The van der Waals surface area contributed by atoms with Crippen molar-refractivity contribution in [2.75, 3.05) is 20.3 Å². The minimum absolute atomic E-state index is 0.654. The lowest BCUT2D eigenvalue weighted by Crippen LogP contribution is -2.12. The highest BCUT2D eigenvalue weighted by Crippen LogP contribution is 2.30. The van der Waals surface area contributed by atoms with E-state index < -0.39 is 0 Å². The zero-order chi connectivity index (χ0) is 11.1. The average molecular weight is 209 g/mol. The summed E-state index contributed by atoms with van der Waals surface area (Å²) >= 11 is 0. The summed E-state index contributed by atoms with van der Waals surface area (Å²) in [5.41, 5.74) is 1.13. The normalized spacial score (nSPS) is 10.1. The molecule has 1 rings (SSSR count). The number of para-hydroxylation sites is 1. The van der Waals surface area contributed by atoms with E-state index in [1.54, 1.807) is 7.11 Å². The van der Waals surface area contributed by atoms with Crippen LogP contribution in [0.5, 0.6) is 11.5 Å². The van der Waals surface area contributed by atoms with E-state index in [0.717, 1.165) is 30.2 Å². The average Bonchev–Trinajstić information content (AvgIpc) is 2.27. The van der Waals surface area contributed by atoms with Gasteiger partial charge in [-0.1, -0.05) is 19.1 Å². The van der Waals surface area contributed by atoms with Crippen LogP contribution in [0.4, 0.5) is 0 Å². The Morgan fingerprint density at radius 2 is 2.07 bits per heavy atom. The van der Waals surface area contributed by atoms with E-state index in [4.69, 9.17) is 9.47 Å². The first-order valence-corrected chi connectivity index (χ1v) is 5.32. The molecule has 0 fully saturated rings. The molecule has 3 heteroatoms. The van der Waals surface area contributed by atoms with Crippen LogP contribution in [0.3, 0.4) is 0 Å². The molecule has 0 saturated heterocycles. The number of hydrogen-bond acceptors (Lipinski definition) is 3. The molecule has 0 bridgehead atoms. The van der Waals surface area contributed by atoms with Crippen LogP contribution in [-0.2, 0) is 6.54 Å². The van der Waals surface area contributed by atoms with Crippen molar-refractivity contribution in [1.29, 1.82) is 0 Å². The quantitative estimate of drug-likeness (QED) is 0.779. The second kappa shape index (κ2) is 6.30. The third kappa shape index (κ3) is 3.13. The Bertz CT molecular complexity index is 300. The molecule has 15 heavy (non-hydrogen) atoms. The van der Waals surface area contributed by atoms with Crippen molar-refractivity contribution in [1.82, 2.24) is 5.32 Å². The van der Waals surface area contributed by atoms with E-state index in [1.165, 1.54) is 0 Å².